The second-order valence-electron chi connectivity index (χ2n) is 4.08. The highest BCUT2D eigenvalue weighted by Crippen LogP contribution is 2.15. The van der Waals surface area contributed by atoms with Gasteiger partial charge in [-0.25, -0.2) is 4.68 Å². The van der Waals surface area contributed by atoms with Crippen molar-refractivity contribution in [1.29, 1.82) is 0 Å². The van der Waals surface area contributed by atoms with Crippen LogP contribution in [0.2, 0.25) is 0 Å². The number of carbonyl (C=O) groups excluding carboxylic acids is 1. The van der Waals surface area contributed by atoms with Crippen molar-refractivity contribution in [3.63, 3.8) is 0 Å². The molecule has 100 valence electrons. The molecule has 6 nitrogen and oxygen atoms in total. The lowest BCUT2D eigenvalue weighted by Crippen LogP contribution is -2.11. The van der Waals surface area contributed by atoms with Gasteiger partial charge in [-0.3, -0.25) is 10.1 Å². The molecule has 0 bridgehead atoms. The van der Waals surface area contributed by atoms with Crippen molar-refractivity contribution >= 4 is 22.4 Å². The quantitative estimate of drug-likeness (QED) is 0.801. The molecule has 2 heterocycles. The van der Waals surface area contributed by atoms with E-state index in [-0.39, 0.29) is 5.91 Å². The highest BCUT2D eigenvalue weighted by Gasteiger charge is 2.09. The lowest BCUT2D eigenvalue weighted by atomic mass is 10.2. The summed E-state index contributed by atoms with van der Waals surface area (Å²) in [5.41, 5.74) is 1.46. The Bertz CT molecular complexity index is 718. The number of benzene rings is 1. The predicted octanol–water partition coefficient (Wildman–Crippen LogP) is 2.28. The van der Waals surface area contributed by atoms with Crippen molar-refractivity contribution < 1.29 is 4.79 Å². The van der Waals surface area contributed by atoms with Crippen molar-refractivity contribution in [3.05, 3.63) is 53.3 Å². The largest absolute Gasteiger partial charge is 0.296 e. The predicted molar refractivity (Wildman–Crippen MR) is 76.2 cm³/mol. The van der Waals surface area contributed by atoms with Crippen molar-refractivity contribution in [2.24, 2.45) is 0 Å². The smallest absolute Gasteiger partial charge is 0.257 e. The normalized spacial score (nSPS) is 10.4. The van der Waals surface area contributed by atoms with Crippen LogP contribution < -0.4 is 5.32 Å². The van der Waals surface area contributed by atoms with E-state index in [0.29, 0.717) is 10.7 Å². The maximum atomic E-state index is 12.0. The number of aryl methyl sites for hydroxylation is 1. The Balaban J connectivity index is 1.75. The Morgan fingerprint density at radius 2 is 2.05 bits per heavy atom. The summed E-state index contributed by atoms with van der Waals surface area (Å²) in [6, 6.07) is 9.03. The van der Waals surface area contributed by atoms with Gasteiger partial charge in [-0.05, 0) is 37.3 Å². The van der Waals surface area contributed by atoms with Crippen molar-refractivity contribution in [2.75, 3.05) is 5.32 Å². The fourth-order valence-corrected chi connectivity index (χ4v) is 2.29. The zero-order valence-corrected chi connectivity index (χ0v) is 11.5. The van der Waals surface area contributed by atoms with Gasteiger partial charge in [0.05, 0.1) is 5.69 Å². The summed E-state index contributed by atoms with van der Waals surface area (Å²) >= 11 is 1.34. The van der Waals surface area contributed by atoms with Crippen LogP contribution in [-0.2, 0) is 0 Å². The molecule has 0 aliphatic heterocycles. The van der Waals surface area contributed by atoms with Crippen LogP contribution in [0.5, 0.6) is 0 Å². The van der Waals surface area contributed by atoms with Crippen LogP contribution >= 0.6 is 11.3 Å². The average molecular weight is 285 g/mol. The van der Waals surface area contributed by atoms with Gasteiger partial charge < -0.3 is 0 Å². The second kappa shape index (κ2) is 5.22. The number of amides is 1. The van der Waals surface area contributed by atoms with Crippen molar-refractivity contribution in [2.45, 2.75) is 6.92 Å². The van der Waals surface area contributed by atoms with E-state index in [2.05, 4.69) is 20.6 Å². The van der Waals surface area contributed by atoms with Crippen LogP contribution in [-0.4, -0.2) is 25.9 Å². The van der Waals surface area contributed by atoms with Crippen LogP contribution in [0.3, 0.4) is 0 Å². The molecule has 0 fully saturated rings. The van der Waals surface area contributed by atoms with Gasteiger partial charge >= 0.3 is 0 Å². The first-order valence-electron chi connectivity index (χ1n) is 5.94. The average Bonchev–Trinajstić information content (AvgIpc) is 3.11. The molecule has 20 heavy (non-hydrogen) atoms. The molecule has 1 amide bonds. The highest BCUT2D eigenvalue weighted by atomic mass is 32.1. The SMILES string of the molecule is Cc1nnc(NC(=O)c2ccc(-n3cccn3)cc2)s1. The van der Waals surface area contributed by atoms with E-state index < -0.39 is 0 Å². The molecule has 0 aliphatic rings. The molecule has 7 heteroatoms. The first-order valence-corrected chi connectivity index (χ1v) is 6.75. The lowest BCUT2D eigenvalue weighted by Gasteiger charge is -2.04. The molecule has 0 atom stereocenters. The van der Waals surface area contributed by atoms with Crippen LogP contribution in [0.25, 0.3) is 5.69 Å². The third kappa shape index (κ3) is 2.57. The molecular weight excluding hydrogens is 274 g/mol. The molecule has 2 aromatic heterocycles. The van der Waals surface area contributed by atoms with Gasteiger partial charge in [-0.1, -0.05) is 11.3 Å². The molecule has 3 aromatic rings. The van der Waals surface area contributed by atoms with Gasteiger partial charge in [-0.15, -0.1) is 10.2 Å². The number of hydrogen-bond acceptors (Lipinski definition) is 5. The fourth-order valence-electron chi connectivity index (χ4n) is 1.70. The molecule has 0 aliphatic carbocycles. The van der Waals surface area contributed by atoms with E-state index in [0.717, 1.165) is 10.7 Å². The number of aromatic nitrogens is 4. The molecule has 1 N–H and O–H groups in total. The molecule has 0 saturated carbocycles. The summed E-state index contributed by atoms with van der Waals surface area (Å²) in [5.74, 6) is -0.201. The minimum Gasteiger partial charge on any atom is -0.296 e. The highest BCUT2D eigenvalue weighted by molar-refractivity contribution is 7.15. The zero-order chi connectivity index (χ0) is 13.9. The Morgan fingerprint density at radius 1 is 1.25 bits per heavy atom. The lowest BCUT2D eigenvalue weighted by molar-refractivity contribution is 0.102. The first kappa shape index (κ1) is 12.5. The zero-order valence-electron chi connectivity index (χ0n) is 10.6. The number of anilines is 1. The van der Waals surface area contributed by atoms with Gasteiger partial charge in [0, 0.05) is 18.0 Å². The Morgan fingerprint density at radius 3 is 2.65 bits per heavy atom. The first-order chi connectivity index (χ1) is 9.72. The minimum atomic E-state index is -0.201. The summed E-state index contributed by atoms with van der Waals surface area (Å²) in [6.45, 7) is 1.84. The summed E-state index contributed by atoms with van der Waals surface area (Å²) in [7, 11) is 0. The van der Waals surface area contributed by atoms with E-state index in [1.165, 1.54) is 11.3 Å². The van der Waals surface area contributed by atoms with E-state index >= 15 is 0 Å². The fraction of sp³-hybridized carbons (Fsp3) is 0.0769. The van der Waals surface area contributed by atoms with E-state index in [1.807, 2.05) is 31.3 Å². The summed E-state index contributed by atoms with van der Waals surface area (Å²) in [4.78, 5) is 12.0. The standard InChI is InChI=1S/C13H11N5OS/c1-9-16-17-13(20-9)15-12(19)10-3-5-11(6-4-10)18-8-2-7-14-18/h2-8H,1H3,(H,15,17,19). The molecule has 1 aromatic carbocycles. The van der Waals surface area contributed by atoms with Crippen LogP contribution in [0.1, 0.15) is 15.4 Å². The van der Waals surface area contributed by atoms with Crippen molar-refractivity contribution in [1.82, 2.24) is 20.0 Å². The molecule has 0 saturated heterocycles. The number of rotatable bonds is 3. The number of carbonyl (C=O) groups is 1. The van der Waals surface area contributed by atoms with Crippen LogP contribution in [0.4, 0.5) is 5.13 Å². The Kier molecular flexibility index (Phi) is 3.26. The van der Waals surface area contributed by atoms with Gasteiger partial charge in [0.25, 0.3) is 5.91 Å². The number of nitrogens with zero attached hydrogens (tertiary/aromatic N) is 4. The van der Waals surface area contributed by atoms with Gasteiger partial charge in [0.15, 0.2) is 0 Å². The van der Waals surface area contributed by atoms with E-state index in [4.69, 9.17) is 0 Å². The molecule has 0 spiro atoms. The van der Waals surface area contributed by atoms with Gasteiger partial charge in [0.1, 0.15) is 5.01 Å². The van der Waals surface area contributed by atoms with Crippen LogP contribution in [0, 0.1) is 6.92 Å². The summed E-state index contributed by atoms with van der Waals surface area (Å²) in [6.07, 6.45) is 3.55. The third-order valence-corrected chi connectivity index (χ3v) is 3.40. The molecule has 3 rings (SSSR count). The number of nitrogens with one attached hydrogen (secondary N) is 1. The van der Waals surface area contributed by atoms with E-state index in [9.17, 15) is 4.79 Å². The minimum absolute atomic E-state index is 0.201. The van der Waals surface area contributed by atoms with Crippen molar-refractivity contribution in [3.8, 4) is 5.69 Å². The van der Waals surface area contributed by atoms with Gasteiger partial charge in [0.2, 0.25) is 5.13 Å². The van der Waals surface area contributed by atoms with Crippen LogP contribution in [0.15, 0.2) is 42.7 Å². The summed E-state index contributed by atoms with van der Waals surface area (Å²) in [5, 5.41) is 15.9. The molecule has 0 unspecified atom stereocenters. The Labute approximate surface area is 119 Å². The van der Waals surface area contributed by atoms with E-state index in [1.54, 1.807) is 23.0 Å². The molecular formula is C13H11N5OS. The monoisotopic (exact) mass is 285 g/mol. The Hall–Kier alpha value is -2.54. The maximum absolute atomic E-state index is 12.0. The number of hydrogen-bond donors (Lipinski definition) is 1. The van der Waals surface area contributed by atoms with Gasteiger partial charge in [-0.2, -0.15) is 5.10 Å². The topological polar surface area (TPSA) is 72.7 Å². The maximum Gasteiger partial charge on any atom is 0.257 e. The second-order valence-corrected chi connectivity index (χ2v) is 5.26. The molecule has 0 radical (unpaired) electrons. The summed E-state index contributed by atoms with van der Waals surface area (Å²) < 4.78 is 1.73. The third-order valence-electron chi connectivity index (χ3n) is 2.64.